The van der Waals surface area contributed by atoms with Gasteiger partial charge in [0.25, 0.3) is 0 Å². The van der Waals surface area contributed by atoms with E-state index in [-0.39, 0.29) is 13.2 Å². The smallest absolute Gasteiger partial charge is 0.407 e. The van der Waals surface area contributed by atoms with Gasteiger partial charge < -0.3 is 20.1 Å². The van der Waals surface area contributed by atoms with Gasteiger partial charge in [-0.15, -0.1) is 0 Å². The van der Waals surface area contributed by atoms with Gasteiger partial charge in [0.2, 0.25) is 0 Å². The van der Waals surface area contributed by atoms with Crippen molar-refractivity contribution in [1.82, 2.24) is 15.5 Å². The minimum atomic E-state index is -0.453. The summed E-state index contributed by atoms with van der Waals surface area (Å²) < 4.78 is 10.5. The van der Waals surface area contributed by atoms with Crippen molar-refractivity contribution in [2.75, 3.05) is 26.2 Å². The van der Waals surface area contributed by atoms with Gasteiger partial charge in [0.1, 0.15) is 13.2 Å². The first-order valence-electron chi connectivity index (χ1n) is 11.3. The number of carbonyl (C=O) groups excluding carboxylic acids is 2. The average molecular weight is 462 g/mol. The minimum Gasteiger partial charge on any atom is -0.445 e. The number of hydrogen-bond donors (Lipinski definition) is 2. The molecule has 178 valence electrons. The lowest BCUT2D eigenvalue weighted by atomic mass is 10.2. The molecule has 2 N–H and O–H groups in total. The second-order valence-corrected chi connectivity index (χ2v) is 7.74. The van der Waals surface area contributed by atoms with Gasteiger partial charge in [-0.2, -0.15) is 0 Å². The van der Waals surface area contributed by atoms with Gasteiger partial charge in [0.05, 0.1) is 0 Å². The van der Waals surface area contributed by atoms with Crippen LogP contribution in [0.1, 0.15) is 16.7 Å². The Morgan fingerprint density at radius 2 is 0.971 bits per heavy atom. The Hall–Kier alpha value is -3.84. The molecule has 7 heteroatoms. The highest BCUT2D eigenvalue weighted by Crippen LogP contribution is 2.05. The third-order valence-corrected chi connectivity index (χ3v) is 5.07. The summed E-state index contributed by atoms with van der Waals surface area (Å²) in [7, 11) is 0. The normalized spacial score (nSPS) is 10.5. The van der Waals surface area contributed by atoms with Crippen molar-refractivity contribution in [1.29, 1.82) is 0 Å². The monoisotopic (exact) mass is 461 g/mol. The third-order valence-electron chi connectivity index (χ3n) is 5.07. The van der Waals surface area contributed by atoms with E-state index in [1.54, 1.807) is 0 Å². The van der Waals surface area contributed by atoms with Crippen LogP contribution in [0.2, 0.25) is 0 Å². The molecule has 0 fully saturated rings. The van der Waals surface area contributed by atoms with Crippen LogP contribution in [0.4, 0.5) is 9.59 Å². The highest BCUT2D eigenvalue weighted by atomic mass is 16.6. The Balaban J connectivity index is 1.39. The molecule has 0 aromatic heterocycles. The Kier molecular flexibility index (Phi) is 10.5. The zero-order chi connectivity index (χ0) is 23.8. The maximum atomic E-state index is 12.0. The summed E-state index contributed by atoms with van der Waals surface area (Å²) in [5.41, 5.74) is 3.03. The van der Waals surface area contributed by atoms with E-state index in [1.807, 2.05) is 78.9 Å². The third kappa shape index (κ3) is 9.75. The Morgan fingerprint density at radius 3 is 1.38 bits per heavy atom. The van der Waals surface area contributed by atoms with Gasteiger partial charge in [-0.05, 0) is 16.7 Å². The summed E-state index contributed by atoms with van der Waals surface area (Å²) in [4.78, 5) is 26.2. The number of hydrogen-bond acceptors (Lipinski definition) is 5. The maximum absolute atomic E-state index is 12.0. The number of carbonyl (C=O) groups is 2. The van der Waals surface area contributed by atoms with E-state index in [9.17, 15) is 9.59 Å². The fraction of sp³-hybridized carbons (Fsp3) is 0.259. The fourth-order valence-corrected chi connectivity index (χ4v) is 3.29. The molecule has 3 aromatic rings. The number of rotatable bonds is 12. The Morgan fingerprint density at radius 1 is 0.588 bits per heavy atom. The number of benzene rings is 3. The number of nitrogens with zero attached hydrogens (tertiary/aromatic N) is 1. The molecule has 0 aliphatic heterocycles. The van der Waals surface area contributed by atoms with Crippen molar-refractivity contribution in [2.24, 2.45) is 0 Å². The van der Waals surface area contributed by atoms with E-state index < -0.39 is 12.2 Å². The zero-order valence-electron chi connectivity index (χ0n) is 19.2. The summed E-state index contributed by atoms with van der Waals surface area (Å²) in [6.45, 7) is 3.23. The molecule has 0 aliphatic rings. The number of alkyl carbamates (subject to hydrolysis) is 2. The van der Waals surface area contributed by atoms with E-state index in [1.165, 1.54) is 0 Å². The molecule has 3 aromatic carbocycles. The van der Waals surface area contributed by atoms with E-state index in [0.29, 0.717) is 32.7 Å². The van der Waals surface area contributed by atoms with Crippen LogP contribution in [-0.4, -0.2) is 43.3 Å². The van der Waals surface area contributed by atoms with Crippen LogP contribution in [0.25, 0.3) is 0 Å². The van der Waals surface area contributed by atoms with Crippen LogP contribution in [0.15, 0.2) is 91.0 Å². The maximum Gasteiger partial charge on any atom is 0.407 e. The molecule has 0 spiro atoms. The summed E-state index contributed by atoms with van der Waals surface area (Å²) >= 11 is 0. The van der Waals surface area contributed by atoms with Gasteiger partial charge in [0.15, 0.2) is 0 Å². The first-order chi connectivity index (χ1) is 16.7. The SMILES string of the molecule is O=C(NCCN(CCNC(=O)OCc1ccccc1)Cc1ccccc1)OCc1ccccc1. The molecular formula is C27H31N3O4. The van der Waals surface area contributed by atoms with Crippen molar-refractivity contribution in [2.45, 2.75) is 19.8 Å². The molecule has 0 atom stereocenters. The topological polar surface area (TPSA) is 79.9 Å². The van der Waals surface area contributed by atoms with Crippen molar-refractivity contribution >= 4 is 12.2 Å². The molecule has 0 bridgehead atoms. The highest BCUT2D eigenvalue weighted by molar-refractivity contribution is 5.67. The van der Waals surface area contributed by atoms with Gasteiger partial charge in [-0.25, -0.2) is 9.59 Å². The van der Waals surface area contributed by atoms with Gasteiger partial charge in [-0.3, -0.25) is 4.90 Å². The van der Waals surface area contributed by atoms with Crippen LogP contribution in [0, 0.1) is 0 Å². The largest absolute Gasteiger partial charge is 0.445 e. The standard InChI is InChI=1S/C27H31N3O4/c31-26(33-21-24-12-6-2-7-13-24)28-16-18-30(20-23-10-4-1-5-11-23)19-17-29-27(32)34-22-25-14-8-3-9-15-25/h1-15H,16-22H2,(H,28,31)(H,29,32). The lowest BCUT2D eigenvalue weighted by Gasteiger charge is -2.22. The van der Waals surface area contributed by atoms with E-state index in [0.717, 1.165) is 16.7 Å². The molecule has 0 aliphatic carbocycles. The van der Waals surface area contributed by atoms with E-state index >= 15 is 0 Å². The van der Waals surface area contributed by atoms with E-state index in [4.69, 9.17) is 9.47 Å². The van der Waals surface area contributed by atoms with Crippen molar-refractivity contribution in [3.63, 3.8) is 0 Å². The molecule has 34 heavy (non-hydrogen) atoms. The summed E-state index contributed by atoms with van der Waals surface area (Å²) in [6.07, 6.45) is -0.905. The fourth-order valence-electron chi connectivity index (χ4n) is 3.29. The number of ether oxygens (including phenoxy) is 2. The molecule has 0 radical (unpaired) electrons. The summed E-state index contributed by atoms with van der Waals surface area (Å²) in [5, 5.41) is 5.58. The highest BCUT2D eigenvalue weighted by Gasteiger charge is 2.10. The van der Waals surface area contributed by atoms with Crippen LogP contribution in [0.5, 0.6) is 0 Å². The first-order valence-corrected chi connectivity index (χ1v) is 11.3. The van der Waals surface area contributed by atoms with Crippen LogP contribution >= 0.6 is 0 Å². The van der Waals surface area contributed by atoms with Crippen molar-refractivity contribution < 1.29 is 19.1 Å². The first kappa shape index (κ1) is 24.8. The van der Waals surface area contributed by atoms with Gasteiger partial charge >= 0.3 is 12.2 Å². The van der Waals surface area contributed by atoms with Crippen LogP contribution < -0.4 is 10.6 Å². The molecule has 0 saturated heterocycles. The van der Waals surface area contributed by atoms with Crippen LogP contribution in [-0.2, 0) is 29.2 Å². The predicted molar refractivity (Wildman–Crippen MR) is 131 cm³/mol. The lowest BCUT2D eigenvalue weighted by molar-refractivity contribution is 0.136. The average Bonchev–Trinajstić information content (AvgIpc) is 2.88. The molecule has 2 amide bonds. The molecule has 0 heterocycles. The van der Waals surface area contributed by atoms with Crippen molar-refractivity contribution in [3.8, 4) is 0 Å². The van der Waals surface area contributed by atoms with E-state index in [2.05, 4.69) is 27.7 Å². The minimum absolute atomic E-state index is 0.232. The van der Waals surface area contributed by atoms with Gasteiger partial charge in [0, 0.05) is 32.7 Å². The Labute approximate surface area is 200 Å². The molecule has 3 rings (SSSR count). The molecule has 7 nitrogen and oxygen atoms in total. The van der Waals surface area contributed by atoms with Gasteiger partial charge in [-0.1, -0.05) is 91.0 Å². The van der Waals surface area contributed by atoms with Crippen LogP contribution in [0.3, 0.4) is 0 Å². The second-order valence-electron chi connectivity index (χ2n) is 7.74. The summed E-state index contributed by atoms with van der Waals surface area (Å²) in [6, 6.07) is 29.2. The molecule has 0 unspecified atom stereocenters. The second kappa shape index (κ2) is 14.3. The summed E-state index contributed by atoms with van der Waals surface area (Å²) in [5.74, 6) is 0. The quantitative estimate of drug-likeness (QED) is 0.419. The molecular weight excluding hydrogens is 430 g/mol. The number of amides is 2. The van der Waals surface area contributed by atoms with Crippen molar-refractivity contribution in [3.05, 3.63) is 108 Å². The number of nitrogens with one attached hydrogen (secondary N) is 2. The lowest BCUT2D eigenvalue weighted by Crippen LogP contribution is -2.39. The molecule has 0 saturated carbocycles. The zero-order valence-corrected chi connectivity index (χ0v) is 19.2. The Bertz CT molecular complexity index is 923. The predicted octanol–water partition coefficient (Wildman–Crippen LogP) is 4.34.